The monoisotopic (exact) mass is 187 g/mol. The maximum absolute atomic E-state index is 9.95. The quantitative estimate of drug-likeness (QED) is 0.429. The van der Waals surface area contributed by atoms with Crippen molar-refractivity contribution in [2.75, 3.05) is 0 Å². The molecule has 13 heavy (non-hydrogen) atoms. The van der Waals surface area contributed by atoms with Crippen LogP contribution >= 0.6 is 0 Å². The molecule has 1 unspecified atom stereocenters. The highest BCUT2D eigenvalue weighted by Crippen LogP contribution is 2.14. The van der Waals surface area contributed by atoms with E-state index in [1.807, 2.05) is 0 Å². The lowest BCUT2D eigenvalue weighted by molar-refractivity contribution is 0.0382. The minimum atomic E-state index is 0.0415. The van der Waals surface area contributed by atoms with Gasteiger partial charge < -0.3 is 4.84 Å². The van der Waals surface area contributed by atoms with Crippen molar-refractivity contribution in [3.8, 4) is 0 Å². The van der Waals surface area contributed by atoms with Crippen molar-refractivity contribution >= 4 is 0 Å². The smallest absolute Gasteiger partial charge is 0.155 e. The van der Waals surface area contributed by atoms with Crippen LogP contribution in [0.15, 0.2) is 5.34 Å². The fourth-order valence-corrected chi connectivity index (χ4v) is 1.26. The summed E-state index contributed by atoms with van der Waals surface area (Å²) >= 11 is 0. The largest absolute Gasteiger partial charge is 0.361 e. The van der Waals surface area contributed by atoms with Gasteiger partial charge in [-0.25, -0.2) is 0 Å². The van der Waals surface area contributed by atoms with Gasteiger partial charge in [0.15, 0.2) is 5.34 Å². The predicted molar refractivity (Wildman–Crippen MR) is 54.3 cm³/mol. The second kappa shape index (κ2) is 8.02. The van der Waals surface area contributed by atoms with Gasteiger partial charge in [-0.05, 0) is 31.6 Å². The van der Waals surface area contributed by atoms with Gasteiger partial charge in [0.1, 0.15) is 6.10 Å². The van der Waals surface area contributed by atoms with Crippen molar-refractivity contribution < 1.29 is 4.84 Å². The molecule has 0 N–H and O–H groups in total. The molecule has 0 aromatic carbocycles. The minimum Gasteiger partial charge on any atom is -0.361 e. The van der Waals surface area contributed by atoms with E-state index in [9.17, 15) is 4.91 Å². The Bertz CT molecular complexity index is 126. The fraction of sp³-hybridized carbons (Fsp3) is 1.00. The summed E-state index contributed by atoms with van der Waals surface area (Å²) < 4.78 is 0. The molecule has 0 aliphatic carbocycles. The van der Waals surface area contributed by atoms with Crippen LogP contribution in [0.4, 0.5) is 0 Å². The summed E-state index contributed by atoms with van der Waals surface area (Å²) in [6.07, 6.45) is 5.29. The van der Waals surface area contributed by atoms with Crippen LogP contribution in [0.5, 0.6) is 0 Å². The lowest BCUT2D eigenvalue weighted by atomic mass is 10.0. The van der Waals surface area contributed by atoms with Crippen LogP contribution < -0.4 is 0 Å². The van der Waals surface area contributed by atoms with Crippen molar-refractivity contribution in [3.63, 3.8) is 0 Å². The molecule has 3 heteroatoms. The van der Waals surface area contributed by atoms with Crippen molar-refractivity contribution in [2.24, 2.45) is 11.3 Å². The van der Waals surface area contributed by atoms with Crippen LogP contribution in [0.1, 0.15) is 52.9 Å². The van der Waals surface area contributed by atoms with E-state index >= 15 is 0 Å². The van der Waals surface area contributed by atoms with Gasteiger partial charge in [-0.1, -0.05) is 27.2 Å². The molecule has 0 saturated heterocycles. The maximum Gasteiger partial charge on any atom is 0.155 e. The van der Waals surface area contributed by atoms with Gasteiger partial charge in [-0.2, -0.15) is 0 Å². The molecule has 0 aliphatic heterocycles. The van der Waals surface area contributed by atoms with Gasteiger partial charge >= 0.3 is 0 Å². The lowest BCUT2D eigenvalue weighted by Crippen LogP contribution is -2.10. The third kappa shape index (κ3) is 7.75. The van der Waals surface area contributed by atoms with Gasteiger partial charge in [0, 0.05) is 0 Å². The first kappa shape index (κ1) is 12.4. The molecule has 0 aromatic heterocycles. The zero-order valence-corrected chi connectivity index (χ0v) is 8.95. The first-order valence-electron chi connectivity index (χ1n) is 5.19. The highest BCUT2D eigenvalue weighted by Gasteiger charge is 2.10. The molecule has 0 amide bonds. The molecule has 0 bridgehead atoms. The number of hydrogen-bond acceptors (Lipinski definition) is 3. The number of nitrogens with zero attached hydrogens (tertiary/aromatic N) is 1. The standard InChI is InChI=1S/C10H21NO2/c1-4-5-6-10(13-11-12)8-7-9(2)3/h9-10H,4-8H2,1-3H3. The van der Waals surface area contributed by atoms with E-state index < -0.39 is 0 Å². The van der Waals surface area contributed by atoms with E-state index in [-0.39, 0.29) is 6.10 Å². The molecule has 0 fully saturated rings. The molecule has 0 aliphatic rings. The van der Waals surface area contributed by atoms with Crippen LogP contribution in [0, 0.1) is 10.8 Å². The summed E-state index contributed by atoms with van der Waals surface area (Å²) in [5, 5.41) is 2.52. The van der Waals surface area contributed by atoms with Crippen LogP contribution in [-0.4, -0.2) is 6.10 Å². The van der Waals surface area contributed by atoms with Crippen molar-refractivity contribution in [1.29, 1.82) is 0 Å². The molecular formula is C10H21NO2. The van der Waals surface area contributed by atoms with Gasteiger partial charge in [0.2, 0.25) is 0 Å². The van der Waals surface area contributed by atoms with E-state index in [2.05, 4.69) is 26.1 Å². The number of rotatable bonds is 8. The SMILES string of the molecule is CCCCC(CCC(C)C)ON=O. The molecule has 0 spiro atoms. The summed E-state index contributed by atoms with van der Waals surface area (Å²) in [4.78, 5) is 14.7. The zero-order valence-electron chi connectivity index (χ0n) is 8.95. The van der Waals surface area contributed by atoms with E-state index in [1.165, 1.54) is 0 Å². The predicted octanol–water partition coefficient (Wildman–Crippen LogP) is 3.68. The summed E-state index contributed by atoms with van der Waals surface area (Å²) in [7, 11) is 0. The van der Waals surface area contributed by atoms with Gasteiger partial charge in [0.05, 0.1) is 0 Å². The topological polar surface area (TPSA) is 38.7 Å². The lowest BCUT2D eigenvalue weighted by Gasteiger charge is -2.13. The number of hydrogen-bond donors (Lipinski definition) is 0. The Balaban J connectivity index is 3.59. The maximum atomic E-state index is 9.95. The van der Waals surface area contributed by atoms with E-state index in [4.69, 9.17) is 4.84 Å². The molecule has 78 valence electrons. The van der Waals surface area contributed by atoms with Gasteiger partial charge in [-0.15, -0.1) is 4.91 Å². The van der Waals surface area contributed by atoms with Crippen molar-refractivity contribution in [3.05, 3.63) is 4.91 Å². The highest BCUT2D eigenvalue weighted by atomic mass is 16.7. The second-order valence-corrected chi connectivity index (χ2v) is 3.92. The molecule has 0 saturated carbocycles. The number of unbranched alkanes of at least 4 members (excludes halogenated alkanes) is 1. The first-order valence-corrected chi connectivity index (χ1v) is 5.19. The van der Waals surface area contributed by atoms with Crippen molar-refractivity contribution in [2.45, 2.75) is 59.0 Å². The zero-order chi connectivity index (χ0) is 10.1. The fourth-order valence-electron chi connectivity index (χ4n) is 1.26. The Hall–Kier alpha value is -0.600. The van der Waals surface area contributed by atoms with E-state index in [0.717, 1.165) is 32.1 Å². The first-order chi connectivity index (χ1) is 6.20. The third-order valence-corrected chi connectivity index (χ3v) is 2.14. The molecule has 0 radical (unpaired) electrons. The molecular weight excluding hydrogens is 166 g/mol. The Morgan fingerprint density at radius 3 is 2.38 bits per heavy atom. The molecule has 0 rings (SSSR count). The average molecular weight is 187 g/mol. The van der Waals surface area contributed by atoms with E-state index in [1.54, 1.807) is 0 Å². The van der Waals surface area contributed by atoms with E-state index in [0.29, 0.717) is 5.92 Å². The minimum absolute atomic E-state index is 0.0415. The van der Waals surface area contributed by atoms with Crippen LogP contribution in [-0.2, 0) is 4.84 Å². The molecule has 1 atom stereocenters. The summed E-state index contributed by atoms with van der Waals surface area (Å²) in [6, 6.07) is 0. The third-order valence-electron chi connectivity index (χ3n) is 2.14. The van der Waals surface area contributed by atoms with Crippen LogP contribution in [0.3, 0.4) is 0 Å². The van der Waals surface area contributed by atoms with Crippen molar-refractivity contribution in [1.82, 2.24) is 0 Å². The Morgan fingerprint density at radius 2 is 1.92 bits per heavy atom. The normalized spacial score (nSPS) is 12.9. The Labute approximate surface area is 80.8 Å². The summed E-state index contributed by atoms with van der Waals surface area (Å²) in [6.45, 7) is 6.48. The average Bonchev–Trinajstić information content (AvgIpc) is 2.09. The molecule has 0 aromatic rings. The van der Waals surface area contributed by atoms with Crippen LogP contribution in [0.2, 0.25) is 0 Å². The van der Waals surface area contributed by atoms with Crippen LogP contribution in [0.25, 0.3) is 0 Å². The molecule has 0 heterocycles. The summed E-state index contributed by atoms with van der Waals surface area (Å²) in [5.74, 6) is 0.666. The Kier molecular flexibility index (Phi) is 7.65. The Morgan fingerprint density at radius 1 is 1.23 bits per heavy atom. The highest BCUT2D eigenvalue weighted by molar-refractivity contribution is 4.59. The second-order valence-electron chi connectivity index (χ2n) is 3.92. The summed E-state index contributed by atoms with van der Waals surface area (Å²) in [5.41, 5.74) is 0. The molecule has 3 nitrogen and oxygen atoms in total. The van der Waals surface area contributed by atoms with Gasteiger partial charge in [0.25, 0.3) is 0 Å². The van der Waals surface area contributed by atoms with Gasteiger partial charge in [-0.3, -0.25) is 0 Å².